The molecule has 5 heterocycles. The predicted octanol–water partition coefficient (Wildman–Crippen LogP) is 2.86. The largest absolute Gasteiger partial charge is 1.00 e. The van der Waals surface area contributed by atoms with Crippen molar-refractivity contribution in [1.82, 2.24) is 10.2 Å². The quantitative estimate of drug-likeness (QED) is 0.369. The third-order valence-electron chi connectivity index (χ3n) is 8.58. The topological polar surface area (TPSA) is 57.4 Å². The average Bonchev–Trinajstić information content (AvgIpc) is 3.39. The maximum Gasteiger partial charge on any atom is 0.271 e. The van der Waals surface area contributed by atoms with Gasteiger partial charge in [-0.15, -0.1) is 10.2 Å². The number of hydrogen-bond donors (Lipinski definition) is 0. The first kappa shape index (κ1) is 24.9. The van der Waals surface area contributed by atoms with E-state index in [1.54, 1.807) is 12.1 Å². The Morgan fingerprint density at radius 3 is 2.21 bits per heavy atom. The Hall–Kier alpha value is -3.42. The highest BCUT2D eigenvalue weighted by Crippen LogP contribution is 2.51. The Labute approximate surface area is 227 Å². The van der Waals surface area contributed by atoms with Crippen LogP contribution in [0.5, 0.6) is 17.2 Å². The first-order valence-electron chi connectivity index (χ1n) is 13.0. The second kappa shape index (κ2) is 9.40. The smallest absolute Gasteiger partial charge is 0.271 e. The molecule has 0 spiro atoms. The lowest BCUT2D eigenvalue weighted by molar-refractivity contribution is -0.959. The van der Waals surface area contributed by atoms with Crippen molar-refractivity contribution in [2.75, 3.05) is 19.6 Å². The number of rotatable bonds is 5. The van der Waals surface area contributed by atoms with Gasteiger partial charge in [0, 0.05) is 29.9 Å². The molecule has 0 saturated carbocycles. The molecule has 1 aromatic heterocycles. The Morgan fingerprint density at radius 2 is 1.55 bits per heavy atom. The number of fused-ring (bicyclic) bond motifs is 5. The van der Waals surface area contributed by atoms with Crippen molar-refractivity contribution < 1.29 is 35.2 Å². The third-order valence-corrected chi connectivity index (χ3v) is 8.58. The van der Waals surface area contributed by atoms with E-state index in [1.807, 2.05) is 36.4 Å². The second-order valence-electron chi connectivity index (χ2n) is 10.8. The first-order chi connectivity index (χ1) is 18.0. The minimum absolute atomic E-state index is 0. The van der Waals surface area contributed by atoms with Crippen molar-refractivity contribution in [3.8, 4) is 17.2 Å². The highest BCUT2D eigenvalue weighted by Gasteiger charge is 2.49. The summed E-state index contributed by atoms with van der Waals surface area (Å²) in [5.41, 5.74) is 1.42. The maximum absolute atomic E-state index is 13.4. The van der Waals surface area contributed by atoms with Crippen LogP contribution in [0.2, 0.25) is 0 Å². The maximum atomic E-state index is 13.4. The lowest BCUT2D eigenvalue weighted by Crippen LogP contribution is -3.00. The van der Waals surface area contributed by atoms with Gasteiger partial charge in [-0.2, -0.15) is 0 Å². The van der Waals surface area contributed by atoms with Crippen molar-refractivity contribution >= 4 is 0 Å². The molecule has 0 radical (unpaired) electrons. The van der Waals surface area contributed by atoms with Crippen LogP contribution >= 0.6 is 0 Å². The van der Waals surface area contributed by atoms with Gasteiger partial charge >= 0.3 is 0 Å². The number of piperidine rings is 3. The van der Waals surface area contributed by atoms with Crippen LogP contribution in [-0.2, 0) is 12.0 Å². The monoisotopic (exact) mass is 533 g/mol. The van der Waals surface area contributed by atoms with Gasteiger partial charge < -0.3 is 30.8 Å². The fourth-order valence-corrected chi connectivity index (χ4v) is 6.50. The zero-order chi connectivity index (χ0) is 25.0. The van der Waals surface area contributed by atoms with E-state index in [-0.39, 0.29) is 24.3 Å². The summed E-state index contributed by atoms with van der Waals surface area (Å²) < 4.78 is 33.2. The molecular formula is C30H29ClFN3O3. The highest BCUT2D eigenvalue weighted by atomic mass is 35.5. The van der Waals surface area contributed by atoms with Crippen molar-refractivity contribution in [3.05, 3.63) is 102 Å². The summed E-state index contributed by atoms with van der Waals surface area (Å²) in [5, 5.41) is 9.15. The van der Waals surface area contributed by atoms with E-state index in [1.165, 1.54) is 12.1 Å². The van der Waals surface area contributed by atoms with Crippen molar-refractivity contribution in [1.29, 1.82) is 0 Å². The van der Waals surface area contributed by atoms with Gasteiger partial charge in [0.05, 0.1) is 13.1 Å². The van der Waals surface area contributed by atoms with Crippen LogP contribution in [0.25, 0.3) is 0 Å². The number of halogens is 2. The van der Waals surface area contributed by atoms with Crippen LogP contribution in [0.15, 0.2) is 77.2 Å². The van der Waals surface area contributed by atoms with Crippen LogP contribution in [0, 0.1) is 11.7 Å². The van der Waals surface area contributed by atoms with E-state index >= 15 is 0 Å². The Morgan fingerprint density at radius 1 is 0.921 bits per heavy atom. The number of quaternary nitrogens is 1. The summed E-state index contributed by atoms with van der Waals surface area (Å²) in [5.74, 6) is 3.85. The zero-order valence-electron chi connectivity index (χ0n) is 21.1. The van der Waals surface area contributed by atoms with Gasteiger partial charge in [-0.25, -0.2) is 4.39 Å². The van der Waals surface area contributed by atoms with Gasteiger partial charge in [0.25, 0.3) is 5.89 Å². The number of nitrogens with zero attached hydrogens (tertiary/aromatic N) is 3. The highest BCUT2D eigenvalue weighted by molar-refractivity contribution is 5.60. The predicted molar refractivity (Wildman–Crippen MR) is 135 cm³/mol. The van der Waals surface area contributed by atoms with Crippen molar-refractivity contribution in [3.63, 3.8) is 0 Å². The molecule has 4 aromatic rings. The Balaban J connectivity index is 0.00000264. The summed E-state index contributed by atoms with van der Waals surface area (Å²) in [7, 11) is 0. The number of ether oxygens (including phenoxy) is 2. The molecule has 2 bridgehead atoms. The van der Waals surface area contributed by atoms with Gasteiger partial charge in [-0.05, 0) is 43.3 Å². The van der Waals surface area contributed by atoms with Gasteiger partial charge in [0.2, 0.25) is 5.89 Å². The molecule has 0 N–H and O–H groups in total. The minimum Gasteiger partial charge on any atom is -1.00 e. The normalized spacial score (nSPS) is 24.5. The van der Waals surface area contributed by atoms with E-state index in [2.05, 4.69) is 29.3 Å². The number of hydrogen-bond acceptors (Lipinski definition) is 5. The van der Waals surface area contributed by atoms with Crippen LogP contribution < -0.4 is 21.9 Å². The van der Waals surface area contributed by atoms with E-state index in [4.69, 9.17) is 13.9 Å². The van der Waals surface area contributed by atoms with Crippen LogP contribution in [0.3, 0.4) is 0 Å². The summed E-state index contributed by atoms with van der Waals surface area (Å²) in [6.07, 6.45) is 2.30. The molecule has 3 fully saturated rings. The molecule has 3 aromatic carbocycles. The van der Waals surface area contributed by atoms with E-state index in [0.717, 1.165) is 65.3 Å². The van der Waals surface area contributed by atoms with Gasteiger partial charge in [0.15, 0.2) is 12.6 Å². The fourth-order valence-electron chi connectivity index (χ4n) is 6.50. The summed E-state index contributed by atoms with van der Waals surface area (Å²) in [4.78, 5) is 0. The lowest BCUT2D eigenvalue weighted by atomic mass is 9.74. The molecule has 4 aliphatic heterocycles. The van der Waals surface area contributed by atoms with E-state index in [0.29, 0.717) is 24.2 Å². The van der Waals surface area contributed by atoms with E-state index in [9.17, 15) is 4.39 Å². The summed E-state index contributed by atoms with van der Waals surface area (Å²) in [6.45, 7) is 5.84. The summed E-state index contributed by atoms with van der Waals surface area (Å²) >= 11 is 0. The number of aromatic nitrogens is 2. The Kier molecular flexibility index (Phi) is 6.16. The first-order valence-corrected chi connectivity index (χ1v) is 13.0. The van der Waals surface area contributed by atoms with E-state index < -0.39 is 5.41 Å². The molecule has 8 heteroatoms. The molecule has 196 valence electrons. The van der Waals surface area contributed by atoms with Crippen LogP contribution in [0.1, 0.15) is 42.7 Å². The molecule has 0 aliphatic carbocycles. The van der Waals surface area contributed by atoms with Gasteiger partial charge in [-0.3, -0.25) is 0 Å². The van der Waals surface area contributed by atoms with Gasteiger partial charge in [0.1, 0.15) is 35.0 Å². The molecule has 3 saturated heterocycles. The summed E-state index contributed by atoms with van der Waals surface area (Å²) in [6, 6.07) is 22.4. The number of benzene rings is 3. The van der Waals surface area contributed by atoms with Crippen LogP contribution in [-0.4, -0.2) is 40.4 Å². The van der Waals surface area contributed by atoms with Crippen molar-refractivity contribution in [2.45, 2.75) is 37.8 Å². The Bertz CT molecular complexity index is 1400. The standard InChI is InChI=1S/C30H29FN3O3.ClH/c1-30(23-6-2-4-8-25(23)36-26-9-5-3-7-24(26)30)29-33-32-28(37-29)19-34-16-14-20(15-17-34)27(18-34)35-22-12-10-21(31)11-13-22;/h2-13,20,27H,14-19H2,1H3;1H/q+1;/p-1/t20?,27-,34?;/m0./s1. The average molecular weight is 534 g/mol. The number of para-hydroxylation sites is 2. The fraction of sp³-hybridized carbons (Fsp3) is 0.333. The van der Waals surface area contributed by atoms with Crippen molar-refractivity contribution in [2.24, 2.45) is 5.92 Å². The molecular weight excluding hydrogens is 505 g/mol. The zero-order valence-corrected chi connectivity index (χ0v) is 21.9. The second-order valence-corrected chi connectivity index (χ2v) is 10.8. The molecule has 8 rings (SSSR count). The molecule has 0 amide bonds. The lowest BCUT2D eigenvalue weighted by Gasteiger charge is -2.51. The molecule has 4 aliphatic rings. The SMILES string of the molecule is CC1(c2nnc(C[N+]34CCC(CC3)[C@@H](Oc3ccc(F)cc3)C4)o2)c2ccccc2Oc2ccccc21.[Cl-]. The molecule has 1 atom stereocenters. The van der Waals surface area contributed by atoms with Gasteiger partial charge in [-0.1, -0.05) is 36.4 Å². The van der Waals surface area contributed by atoms with Crippen LogP contribution in [0.4, 0.5) is 4.39 Å². The molecule has 38 heavy (non-hydrogen) atoms. The molecule has 6 nitrogen and oxygen atoms in total. The third kappa shape index (κ3) is 4.05. The molecule has 0 unspecified atom stereocenters. The minimum atomic E-state index is -0.611.